The van der Waals surface area contributed by atoms with Crippen molar-refractivity contribution in [2.75, 3.05) is 27.2 Å². The lowest BCUT2D eigenvalue weighted by Crippen LogP contribution is -2.51. The van der Waals surface area contributed by atoms with Crippen LogP contribution in [0.4, 0.5) is 4.79 Å². The van der Waals surface area contributed by atoms with Gasteiger partial charge in [-0.15, -0.1) is 0 Å². The van der Waals surface area contributed by atoms with E-state index in [4.69, 9.17) is 4.74 Å². The maximum Gasteiger partial charge on any atom is 0.321 e. The van der Waals surface area contributed by atoms with E-state index in [9.17, 15) is 18.0 Å². The van der Waals surface area contributed by atoms with E-state index in [1.807, 2.05) is 29.2 Å². The Morgan fingerprint density at radius 2 is 2.04 bits per heavy atom. The van der Waals surface area contributed by atoms with Crippen molar-refractivity contribution < 1.29 is 22.7 Å². The van der Waals surface area contributed by atoms with Crippen molar-refractivity contribution in [1.29, 1.82) is 0 Å². The predicted molar refractivity (Wildman–Crippen MR) is 94.3 cm³/mol. The Kier molecular flexibility index (Phi) is 7.10. The number of hydrogen-bond acceptors (Lipinski definition) is 7. The standard InChI is InChI=1S/C16H22N4O5S/c1-17-16(22)19-15(21)14(10-18-26(23)24)20-9-3-4-13(20)11-5-7-12(25-2)8-6-11/h5-8,13-14H,3-4,9-10H2,1-2H3,(H2,17,19,21,22). The molecule has 0 aromatic heterocycles. The number of imide groups is 1. The first-order valence-corrected chi connectivity index (χ1v) is 9.18. The van der Waals surface area contributed by atoms with Crippen LogP contribution in [-0.2, 0) is 15.3 Å². The van der Waals surface area contributed by atoms with Crippen LogP contribution in [0.2, 0.25) is 0 Å². The van der Waals surface area contributed by atoms with Gasteiger partial charge in [-0.05, 0) is 37.1 Å². The topological polar surface area (TPSA) is 117 Å². The minimum atomic E-state index is -2.63. The second-order valence-corrected chi connectivity index (χ2v) is 6.47. The number of carbonyl (C=O) groups excluding carboxylic acids is 2. The fraction of sp³-hybridized carbons (Fsp3) is 0.500. The third kappa shape index (κ3) is 5.02. The molecular weight excluding hydrogens is 360 g/mol. The number of carbonyl (C=O) groups is 2. The zero-order valence-electron chi connectivity index (χ0n) is 14.6. The van der Waals surface area contributed by atoms with Gasteiger partial charge in [-0.25, -0.2) is 4.79 Å². The van der Waals surface area contributed by atoms with E-state index in [-0.39, 0.29) is 12.6 Å². The second-order valence-electron chi connectivity index (χ2n) is 5.78. The summed E-state index contributed by atoms with van der Waals surface area (Å²) in [7, 11) is 0.351. The Balaban J connectivity index is 2.26. The van der Waals surface area contributed by atoms with E-state index < -0.39 is 28.5 Å². The van der Waals surface area contributed by atoms with Crippen molar-refractivity contribution in [3.05, 3.63) is 29.8 Å². The molecule has 2 unspecified atom stereocenters. The maximum atomic E-state index is 12.5. The summed E-state index contributed by atoms with van der Waals surface area (Å²) in [6, 6.07) is 5.92. The van der Waals surface area contributed by atoms with E-state index in [0.717, 1.165) is 24.2 Å². The van der Waals surface area contributed by atoms with E-state index in [2.05, 4.69) is 15.0 Å². The number of benzene rings is 1. The van der Waals surface area contributed by atoms with Gasteiger partial charge in [-0.3, -0.25) is 15.0 Å². The van der Waals surface area contributed by atoms with Crippen LogP contribution < -0.4 is 15.4 Å². The predicted octanol–water partition coefficient (Wildman–Crippen LogP) is 0.719. The summed E-state index contributed by atoms with van der Waals surface area (Å²) in [5.74, 6) is 0.142. The normalized spacial score (nSPS) is 18.0. The minimum Gasteiger partial charge on any atom is -0.497 e. The lowest BCUT2D eigenvalue weighted by Gasteiger charge is -2.31. The molecule has 1 aromatic carbocycles. The first kappa shape index (κ1) is 19.9. The number of amides is 3. The number of urea groups is 1. The molecule has 10 heteroatoms. The Morgan fingerprint density at radius 3 is 2.62 bits per heavy atom. The van der Waals surface area contributed by atoms with Crippen LogP contribution >= 0.6 is 0 Å². The monoisotopic (exact) mass is 382 g/mol. The molecule has 1 aliphatic heterocycles. The molecule has 9 nitrogen and oxygen atoms in total. The van der Waals surface area contributed by atoms with Crippen molar-refractivity contribution in [1.82, 2.24) is 15.5 Å². The molecule has 142 valence electrons. The zero-order chi connectivity index (χ0) is 19.1. The SMILES string of the molecule is CNC(=O)NC(=O)C(CN=S(=O)=O)N1CCCC1c1ccc(OC)cc1. The molecule has 0 aliphatic carbocycles. The molecule has 0 saturated carbocycles. The third-order valence-corrected chi connectivity index (χ3v) is 4.67. The van der Waals surface area contributed by atoms with Gasteiger partial charge < -0.3 is 10.1 Å². The summed E-state index contributed by atoms with van der Waals surface area (Å²) in [6.07, 6.45) is 1.66. The first-order valence-electron chi connectivity index (χ1n) is 8.15. The highest BCUT2D eigenvalue weighted by Crippen LogP contribution is 2.34. The molecule has 0 spiro atoms. The van der Waals surface area contributed by atoms with Crippen LogP contribution in [0.1, 0.15) is 24.4 Å². The van der Waals surface area contributed by atoms with Crippen LogP contribution in [0.25, 0.3) is 0 Å². The van der Waals surface area contributed by atoms with Gasteiger partial charge in [-0.1, -0.05) is 12.1 Å². The Morgan fingerprint density at radius 1 is 1.35 bits per heavy atom. The lowest BCUT2D eigenvalue weighted by molar-refractivity contribution is -0.125. The van der Waals surface area contributed by atoms with Gasteiger partial charge in [0.25, 0.3) is 0 Å². The summed E-state index contributed by atoms with van der Waals surface area (Å²) in [5.41, 5.74) is 0.990. The largest absolute Gasteiger partial charge is 0.497 e. The minimum absolute atomic E-state index is 0.0726. The van der Waals surface area contributed by atoms with Crippen LogP contribution in [0.15, 0.2) is 28.6 Å². The number of ether oxygens (including phenoxy) is 1. The average Bonchev–Trinajstić information content (AvgIpc) is 3.11. The molecule has 1 aliphatic rings. The van der Waals surface area contributed by atoms with Gasteiger partial charge in [0, 0.05) is 13.1 Å². The highest BCUT2D eigenvalue weighted by molar-refractivity contribution is 7.61. The van der Waals surface area contributed by atoms with Gasteiger partial charge in [0.05, 0.1) is 13.7 Å². The number of methoxy groups -OCH3 is 1. The molecule has 0 radical (unpaired) electrons. The smallest absolute Gasteiger partial charge is 0.321 e. The fourth-order valence-electron chi connectivity index (χ4n) is 3.07. The number of likely N-dealkylation sites (tertiary alicyclic amines) is 1. The van der Waals surface area contributed by atoms with Gasteiger partial charge in [0.1, 0.15) is 11.8 Å². The molecule has 1 fully saturated rings. The molecule has 1 saturated heterocycles. The first-order chi connectivity index (χ1) is 12.5. The Labute approximate surface area is 153 Å². The Bertz CT molecular complexity index is 770. The van der Waals surface area contributed by atoms with Gasteiger partial charge in [-0.2, -0.15) is 12.8 Å². The van der Waals surface area contributed by atoms with Crippen LogP contribution in [-0.4, -0.2) is 58.5 Å². The van der Waals surface area contributed by atoms with Crippen molar-refractivity contribution in [2.45, 2.75) is 24.9 Å². The summed E-state index contributed by atoms with van der Waals surface area (Å²) in [6.45, 7) is 0.356. The fourth-order valence-corrected chi connectivity index (χ4v) is 3.34. The Hall–Kier alpha value is -2.46. The molecule has 3 amide bonds. The summed E-state index contributed by atoms with van der Waals surface area (Å²) in [5, 5.41) is 4.52. The van der Waals surface area contributed by atoms with Crippen molar-refractivity contribution >= 4 is 22.4 Å². The molecule has 26 heavy (non-hydrogen) atoms. The highest BCUT2D eigenvalue weighted by Gasteiger charge is 2.36. The van der Waals surface area contributed by atoms with Gasteiger partial charge >= 0.3 is 16.5 Å². The molecule has 1 aromatic rings. The van der Waals surface area contributed by atoms with Crippen LogP contribution in [0, 0.1) is 0 Å². The van der Waals surface area contributed by atoms with Crippen molar-refractivity contribution in [2.24, 2.45) is 4.36 Å². The third-order valence-electron chi connectivity index (χ3n) is 4.31. The number of rotatable bonds is 6. The quantitative estimate of drug-likeness (QED) is 0.749. The lowest BCUT2D eigenvalue weighted by atomic mass is 10.0. The zero-order valence-corrected chi connectivity index (χ0v) is 15.5. The number of hydrogen-bond donors (Lipinski definition) is 2. The van der Waals surface area contributed by atoms with E-state index in [0.29, 0.717) is 6.54 Å². The molecule has 2 atom stereocenters. The van der Waals surface area contributed by atoms with Crippen LogP contribution in [0.3, 0.4) is 0 Å². The highest BCUT2D eigenvalue weighted by atomic mass is 32.2. The van der Waals surface area contributed by atoms with E-state index in [1.165, 1.54) is 7.05 Å². The number of nitrogens with zero attached hydrogens (tertiary/aromatic N) is 2. The molecule has 1 heterocycles. The van der Waals surface area contributed by atoms with Crippen molar-refractivity contribution in [3.8, 4) is 5.75 Å². The summed E-state index contributed by atoms with van der Waals surface area (Å²) >= 11 is 0. The maximum absolute atomic E-state index is 12.5. The van der Waals surface area contributed by atoms with Crippen LogP contribution in [0.5, 0.6) is 5.75 Å². The van der Waals surface area contributed by atoms with E-state index in [1.54, 1.807) is 7.11 Å². The van der Waals surface area contributed by atoms with Crippen molar-refractivity contribution in [3.63, 3.8) is 0 Å². The van der Waals surface area contributed by atoms with E-state index >= 15 is 0 Å². The molecule has 2 N–H and O–H groups in total. The number of nitrogens with one attached hydrogen (secondary N) is 2. The average molecular weight is 382 g/mol. The second kappa shape index (κ2) is 9.30. The van der Waals surface area contributed by atoms with Gasteiger partial charge in [0.15, 0.2) is 0 Å². The molecular formula is C16H22N4O5S. The van der Waals surface area contributed by atoms with Gasteiger partial charge in [0.2, 0.25) is 5.91 Å². The molecule has 2 rings (SSSR count). The summed E-state index contributed by atoms with van der Waals surface area (Å²) in [4.78, 5) is 25.9. The summed E-state index contributed by atoms with van der Waals surface area (Å²) < 4.78 is 30.3. The molecule has 0 bridgehead atoms.